The maximum absolute atomic E-state index is 13.2. The van der Waals surface area contributed by atoms with Crippen molar-refractivity contribution in [2.75, 3.05) is 20.6 Å². The van der Waals surface area contributed by atoms with Crippen LogP contribution in [0.4, 0.5) is 0 Å². The van der Waals surface area contributed by atoms with Gasteiger partial charge >= 0.3 is 0 Å². The minimum atomic E-state index is -3.56. The van der Waals surface area contributed by atoms with E-state index in [2.05, 4.69) is 0 Å². The lowest BCUT2D eigenvalue weighted by atomic mass is 10.1. The number of rotatable bonds is 6. The third-order valence-corrected chi connectivity index (χ3v) is 7.32. The fourth-order valence-electron chi connectivity index (χ4n) is 3.63. The Morgan fingerprint density at radius 3 is 2.22 bits per heavy atom. The van der Waals surface area contributed by atoms with Gasteiger partial charge in [-0.1, -0.05) is 48.0 Å². The van der Waals surface area contributed by atoms with Crippen molar-refractivity contribution in [3.63, 3.8) is 0 Å². The molecule has 0 fully saturated rings. The van der Waals surface area contributed by atoms with Crippen molar-refractivity contribution in [1.82, 2.24) is 9.21 Å². The highest BCUT2D eigenvalue weighted by Gasteiger charge is 2.30. The van der Waals surface area contributed by atoms with Gasteiger partial charge in [0.05, 0.1) is 11.4 Å². The second-order valence-corrected chi connectivity index (χ2v) is 10.3. The molecule has 1 aliphatic rings. The number of fused-ring (bicyclic) bond motifs is 1. The molecule has 0 aliphatic carbocycles. The molecule has 0 saturated heterocycles. The standard InChI is InChI=1S/C24H25ClN2O3S.ClH/c1-26(2)17-22-15-20-16-27(14-13-24(20)30-22)31(28,29)23-11-7-19(8-12-23)4-3-18-5-9-21(25)10-6-18;/h3-12,15H,13-14,16-17H2,1-2H3;1H. The van der Waals surface area contributed by atoms with E-state index in [1.165, 1.54) is 4.31 Å². The maximum Gasteiger partial charge on any atom is 0.243 e. The molecular weight excluding hydrogens is 467 g/mol. The third-order valence-electron chi connectivity index (χ3n) is 5.21. The van der Waals surface area contributed by atoms with E-state index in [4.69, 9.17) is 16.0 Å². The summed E-state index contributed by atoms with van der Waals surface area (Å²) in [5, 5.41) is 0.695. The predicted octanol–water partition coefficient (Wildman–Crippen LogP) is 5.33. The molecular formula is C24H26Cl2N2O3S. The molecule has 5 nitrogen and oxygen atoms in total. The lowest BCUT2D eigenvalue weighted by molar-refractivity contribution is 0.325. The van der Waals surface area contributed by atoms with Crippen molar-refractivity contribution in [3.8, 4) is 0 Å². The summed E-state index contributed by atoms with van der Waals surface area (Å²) >= 11 is 5.91. The number of furan rings is 1. The molecule has 2 aromatic carbocycles. The van der Waals surface area contributed by atoms with Gasteiger partial charge in [0, 0.05) is 30.1 Å². The molecule has 0 amide bonds. The summed E-state index contributed by atoms with van der Waals surface area (Å²) in [6.07, 6.45) is 4.50. The second kappa shape index (κ2) is 10.2. The number of sulfonamides is 1. The Balaban J connectivity index is 0.00000289. The van der Waals surface area contributed by atoms with Gasteiger partial charge in [0.2, 0.25) is 10.0 Å². The highest BCUT2D eigenvalue weighted by molar-refractivity contribution is 7.89. The van der Waals surface area contributed by atoms with E-state index in [9.17, 15) is 8.42 Å². The van der Waals surface area contributed by atoms with Crippen molar-refractivity contribution in [2.45, 2.75) is 24.4 Å². The first-order valence-corrected chi connectivity index (χ1v) is 11.9. The smallest absolute Gasteiger partial charge is 0.243 e. The maximum atomic E-state index is 13.2. The normalized spacial score (nSPS) is 14.5. The van der Waals surface area contributed by atoms with Gasteiger partial charge in [-0.2, -0.15) is 4.31 Å². The lowest BCUT2D eigenvalue weighted by Crippen LogP contribution is -2.35. The molecule has 1 aliphatic heterocycles. The van der Waals surface area contributed by atoms with Crippen LogP contribution in [-0.4, -0.2) is 38.3 Å². The lowest BCUT2D eigenvalue weighted by Gasteiger charge is -2.25. The third kappa shape index (κ3) is 5.63. The van der Waals surface area contributed by atoms with Gasteiger partial charge < -0.3 is 9.32 Å². The summed E-state index contributed by atoms with van der Waals surface area (Å²) in [5.41, 5.74) is 2.91. The van der Waals surface area contributed by atoms with Gasteiger partial charge in [-0.3, -0.25) is 0 Å². The summed E-state index contributed by atoms with van der Waals surface area (Å²) in [4.78, 5) is 2.33. The van der Waals surface area contributed by atoms with Crippen molar-refractivity contribution in [2.24, 2.45) is 0 Å². The number of hydrogen-bond donors (Lipinski definition) is 0. The Kier molecular flexibility index (Phi) is 7.85. The zero-order valence-corrected chi connectivity index (χ0v) is 20.4. The zero-order valence-electron chi connectivity index (χ0n) is 18.0. The highest BCUT2D eigenvalue weighted by Crippen LogP contribution is 2.28. The van der Waals surface area contributed by atoms with Crippen LogP contribution in [0.2, 0.25) is 5.02 Å². The van der Waals surface area contributed by atoms with Crippen LogP contribution in [0, 0.1) is 0 Å². The van der Waals surface area contributed by atoms with Crippen LogP contribution in [0.3, 0.4) is 0 Å². The van der Waals surface area contributed by atoms with E-state index >= 15 is 0 Å². The summed E-state index contributed by atoms with van der Waals surface area (Å²) in [6, 6.07) is 16.5. The number of halogens is 2. The van der Waals surface area contributed by atoms with Crippen molar-refractivity contribution in [3.05, 3.63) is 87.8 Å². The summed E-state index contributed by atoms with van der Waals surface area (Å²) in [7, 11) is 0.393. The Morgan fingerprint density at radius 2 is 1.62 bits per heavy atom. The molecule has 3 aromatic rings. The van der Waals surface area contributed by atoms with Crippen LogP contribution in [0.5, 0.6) is 0 Å². The van der Waals surface area contributed by atoms with Crippen LogP contribution >= 0.6 is 24.0 Å². The van der Waals surface area contributed by atoms with Gasteiger partial charge in [0.1, 0.15) is 11.5 Å². The van der Waals surface area contributed by atoms with Gasteiger partial charge in [-0.15, -0.1) is 12.4 Å². The molecule has 0 saturated carbocycles. The Bertz CT molecular complexity index is 1180. The van der Waals surface area contributed by atoms with Crippen LogP contribution in [-0.2, 0) is 29.5 Å². The minimum Gasteiger partial charge on any atom is -0.464 e. The first kappa shape index (κ1) is 24.6. The van der Waals surface area contributed by atoms with Crippen molar-refractivity contribution < 1.29 is 12.8 Å². The molecule has 1 aromatic heterocycles. The number of benzene rings is 2. The van der Waals surface area contributed by atoms with Crippen LogP contribution in [0.1, 0.15) is 28.2 Å². The molecule has 0 radical (unpaired) electrons. The fourth-order valence-corrected chi connectivity index (χ4v) is 5.17. The monoisotopic (exact) mass is 492 g/mol. The largest absolute Gasteiger partial charge is 0.464 e. The summed E-state index contributed by atoms with van der Waals surface area (Å²) in [6.45, 7) is 1.46. The van der Waals surface area contributed by atoms with Gasteiger partial charge in [0.15, 0.2) is 0 Å². The van der Waals surface area contributed by atoms with E-state index in [-0.39, 0.29) is 12.4 Å². The first-order chi connectivity index (χ1) is 14.8. The quantitative estimate of drug-likeness (QED) is 0.436. The average Bonchev–Trinajstić information content (AvgIpc) is 3.14. The Labute approximate surface area is 200 Å². The molecule has 8 heteroatoms. The Morgan fingerprint density at radius 1 is 1.03 bits per heavy atom. The van der Waals surface area contributed by atoms with Crippen LogP contribution in [0.25, 0.3) is 12.2 Å². The highest BCUT2D eigenvalue weighted by atomic mass is 35.5. The van der Waals surface area contributed by atoms with E-state index in [0.29, 0.717) is 36.0 Å². The van der Waals surface area contributed by atoms with E-state index in [1.54, 1.807) is 12.1 Å². The van der Waals surface area contributed by atoms with E-state index in [0.717, 1.165) is 28.2 Å². The molecule has 4 rings (SSSR count). The SMILES string of the molecule is CN(C)Cc1cc2c(o1)CCN(S(=O)(=O)c1ccc(C=Cc3ccc(Cl)cc3)cc1)C2.Cl. The second-order valence-electron chi connectivity index (χ2n) is 7.94. The van der Waals surface area contributed by atoms with Crippen LogP contribution < -0.4 is 0 Å². The summed E-state index contributed by atoms with van der Waals surface area (Å²) < 4.78 is 33.7. The van der Waals surface area contributed by atoms with E-state index in [1.807, 2.05) is 73.6 Å². The van der Waals surface area contributed by atoms with Crippen LogP contribution in [0.15, 0.2) is 63.9 Å². The van der Waals surface area contributed by atoms with Gasteiger partial charge in [-0.05, 0) is 55.6 Å². The molecule has 170 valence electrons. The first-order valence-electron chi connectivity index (χ1n) is 10.1. The molecule has 0 unspecified atom stereocenters. The topological polar surface area (TPSA) is 53.8 Å². The van der Waals surface area contributed by atoms with E-state index < -0.39 is 10.0 Å². The number of hydrogen-bond acceptors (Lipinski definition) is 4. The minimum absolute atomic E-state index is 0. The summed E-state index contributed by atoms with van der Waals surface area (Å²) in [5.74, 6) is 1.76. The van der Waals surface area contributed by atoms with Gasteiger partial charge in [-0.25, -0.2) is 8.42 Å². The molecule has 2 heterocycles. The molecule has 0 spiro atoms. The predicted molar refractivity (Wildman–Crippen MR) is 131 cm³/mol. The number of nitrogens with zero attached hydrogens (tertiary/aromatic N) is 2. The molecule has 0 atom stereocenters. The average molecular weight is 493 g/mol. The van der Waals surface area contributed by atoms with Crippen molar-refractivity contribution >= 4 is 46.2 Å². The zero-order chi connectivity index (χ0) is 22.0. The molecule has 0 bridgehead atoms. The molecule has 0 N–H and O–H groups in total. The Hall–Kier alpha value is -2.09. The van der Waals surface area contributed by atoms with Gasteiger partial charge in [0.25, 0.3) is 0 Å². The fraction of sp³-hybridized carbons (Fsp3) is 0.250. The van der Waals surface area contributed by atoms with Crippen molar-refractivity contribution in [1.29, 1.82) is 0 Å². The molecule has 32 heavy (non-hydrogen) atoms.